The highest BCUT2D eigenvalue weighted by Gasteiger charge is 2.20. The van der Waals surface area contributed by atoms with E-state index in [0.717, 1.165) is 0 Å². The lowest BCUT2D eigenvalue weighted by atomic mass is 10.1. The summed E-state index contributed by atoms with van der Waals surface area (Å²) in [6, 6.07) is 7.13. The Labute approximate surface area is 103 Å². The quantitative estimate of drug-likeness (QED) is 0.835. The van der Waals surface area contributed by atoms with E-state index in [4.69, 9.17) is 16.1 Å². The summed E-state index contributed by atoms with van der Waals surface area (Å²) in [7, 11) is 0. The van der Waals surface area contributed by atoms with Crippen LogP contribution in [0.15, 0.2) is 28.8 Å². The number of hydrogen-bond acceptors (Lipinski definition) is 3. The number of aromatic nitrogens is 1. The molecule has 0 unspecified atom stereocenters. The van der Waals surface area contributed by atoms with Crippen LogP contribution in [0, 0.1) is 6.92 Å². The fraction of sp³-hybridized carbons (Fsp3) is 0.0909. The second-order valence-corrected chi connectivity index (χ2v) is 4.06. The van der Waals surface area contributed by atoms with Gasteiger partial charge in [-0.05, 0) is 13.0 Å². The zero-order valence-corrected chi connectivity index (χ0v) is 10.0. The van der Waals surface area contributed by atoms with Gasteiger partial charge in [0.15, 0.2) is 0 Å². The average Bonchev–Trinajstić information content (AvgIpc) is 2.61. The molecule has 1 aromatic carbocycles. The van der Waals surface area contributed by atoms with Crippen molar-refractivity contribution in [2.24, 2.45) is 0 Å². The van der Waals surface area contributed by atoms with Gasteiger partial charge in [0.1, 0.15) is 11.5 Å². The molecule has 0 radical (unpaired) electrons. The molecule has 82 valence electrons. The molecule has 0 aliphatic heterocycles. The summed E-state index contributed by atoms with van der Waals surface area (Å²) in [4.78, 5) is 11.4. The maximum absolute atomic E-state index is 11.4. The van der Waals surface area contributed by atoms with E-state index in [2.05, 4.69) is 17.8 Å². The number of rotatable bonds is 2. The maximum atomic E-state index is 11.4. The Morgan fingerprint density at radius 2 is 2.12 bits per heavy atom. The maximum Gasteiger partial charge on any atom is 0.222 e. The predicted molar refractivity (Wildman–Crippen MR) is 65.0 cm³/mol. The molecule has 0 saturated carbocycles. The van der Waals surface area contributed by atoms with Crippen molar-refractivity contribution in [3.05, 3.63) is 40.6 Å². The standard InChI is InChI=1S/C11H8ClNO2S/c1-6-9(11(14)16)10(13-15-6)7-4-2-3-5-8(7)12/h2-5H,1H3,(H,14,16). The average molecular weight is 254 g/mol. The minimum atomic E-state index is -0.381. The first kappa shape index (κ1) is 11.2. The molecular weight excluding hydrogens is 246 g/mol. The molecule has 0 aliphatic carbocycles. The number of aryl methyl sites for hydroxylation is 1. The molecule has 0 saturated heterocycles. The SMILES string of the molecule is Cc1onc(-c2ccccc2Cl)c1C(=O)S. The zero-order valence-electron chi connectivity index (χ0n) is 8.40. The third kappa shape index (κ3) is 1.86. The monoisotopic (exact) mass is 253 g/mol. The fourth-order valence-electron chi connectivity index (χ4n) is 1.46. The Bertz CT molecular complexity index is 551. The van der Waals surface area contributed by atoms with Gasteiger partial charge in [-0.15, -0.1) is 12.6 Å². The lowest BCUT2D eigenvalue weighted by Gasteiger charge is -2.00. The van der Waals surface area contributed by atoms with E-state index in [1.165, 1.54) is 0 Å². The Morgan fingerprint density at radius 1 is 1.44 bits per heavy atom. The minimum Gasteiger partial charge on any atom is -0.360 e. The number of benzene rings is 1. The highest BCUT2D eigenvalue weighted by molar-refractivity contribution is 7.97. The smallest absolute Gasteiger partial charge is 0.222 e. The van der Waals surface area contributed by atoms with Crippen molar-refractivity contribution in [2.75, 3.05) is 0 Å². The summed E-state index contributed by atoms with van der Waals surface area (Å²) in [5.41, 5.74) is 1.46. The van der Waals surface area contributed by atoms with Crippen molar-refractivity contribution >= 4 is 29.3 Å². The number of hydrogen-bond donors (Lipinski definition) is 1. The van der Waals surface area contributed by atoms with E-state index in [-0.39, 0.29) is 5.12 Å². The summed E-state index contributed by atoms with van der Waals surface area (Å²) >= 11 is 9.82. The molecule has 5 heteroatoms. The molecule has 0 aliphatic rings. The highest BCUT2D eigenvalue weighted by atomic mass is 35.5. The van der Waals surface area contributed by atoms with E-state index >= 15 is 0 Å². The van der Waals surface area contributed by atoms with Crippen LogP contribution < -0.4 is 0 Å². The Kier molecular flexibility index (Phi) is 3.03. The van der Waals surface area contributed by atoms with Crippen LogP contribution >= 0.6 is 24.2 Å². The fourth-order valence-corrected chi connectivity index (χ4v) is 1.95. The number of thiol groups is 1. The normalized spacial score (nSPS) is 10.4. The first-order valence-electron chi connectivity index (χ1n) is 4.55. The second kappa shape index (κ2) is 4.31. The minimum absolute atomic E-state index is 0.358. The molecule has 2 aromatic rings. The van der Waals surface area contributed by atoms with Crippen molar-refractivity contribution < 1.29 is 9.32 Å². The largest absolute Gasteiger partial charge is 0.360 e. The second-order valence-electron chi connectivity index (χ2n) is 3.25. The van der Waals surface area contributed by atoms with E-state index in [9.17, 15) is 4.79 Å². The molecule has 16 heavy (non-hydrogen) atoms. The van der Waals surface area contributed by atoms with E-state index in [1.54, 1.807) is 25.1 Å². The highest BCUT2D eigenvalue weighted by Crippen LogP contribution is 2.31. The topological polar surface area (TPSA) is 43.1 Å². The Morgan fingerprint density at radius 3 is 2.75 bits per heavy atom. The van der Waals surface area contributed by atoms with Gasteiger partial charge < -0.3 is 4.52 Å². The van der Waals surface area contributed by atoms with E-state index in [1.807, 2.05) is 6.07 Å². The molecule has 0 N–H and O–H groups in total. The van der Waals surface area contributed by atoms with Gasteiger partial charge in [0.2, 0.25) is 5.12 Å². The third-order valence-electron chi connectivity index (χ3n) is 2.21. The van der Waals surface area contributed by atoms with Crippen molar-refractivity contribution in [3.63, 3.8) is 0 Å². The van der Waals surface area contributed by atoms with Crippen LogP contribution in [0.25, 0.3) is 11.3 Å². The first-order valence-corrected chi connectivity index (χ1v) is 5.38. The van der Waals surface area contributed by atoms with Gasteiger partial charge in [-0.1, -0.05) is 35.0 Å². The molecule has 0 atom stereocenters. The van der Waals surface area contributed by atoms with Crippen molar-refractivity contribution in [3.8, 4) is 11.3 Å². The summed E-state index contributed by atoms with van der Waals surface area (Å²) in [5, 5.41) is 3.98. The van der Waals surface area contributed by atoms with Crippen molar-refractivity contribution in [1.29, 1.82) is 0 Å². The van der Waals surface area contributed by atoms with Gasteiger partial charge in [0.05, 0.1) is 10.6 Å². The number of carbonyl (C=O) groups is 1. The molecule has 0 amide bonds. The first-order chi connectivity index (χ1) is 7.61. The molecular formula is C11H8ClNO2S. The van der Waals surface area contributed by atoms with Crippen molar-refractivity contribution in [1.82, 2.24) is 5.16 Å². The molecule has 1 aromatic heterocycles. The molecule has 0 bridgehead atoms. The summed E-state index contributed by atoms with van der Waals surface area (Å²) in [6.07, 6.45) is 0. The van der Waals surface area contributed by atoms with Gasteiger partial charge in [0, 0.05) is 5.56 Å². The van der Waals surface area contributed by atoms with Crippen LogP contribution in [-0.2, 0) is 0 Å². The summed E-state index contributed by atoms with van der Waals surface area (Å²) < 4.78 is 4.99. The lowest BCUT2D eigenvalue weighted by molar-refractivity contribution is 0.109. The summed E-state index contributed by atoms with van der Waals surface area (Å²) in [6.45, 7) is 1.66. The van der Waals surface area contributed by atoms with Gasteiger partial charge in [-0.2, -0.15) is 0 Å². The Balaban J connectivity index is 2.66. The zero-order chi connectivity index (χ0) is 11.7. The van der Waals surface area contributed by atoms with Gasteiger partial charge in [-0.3, -0.25) is 4.79 Å². The van der Waals surface area contributed by atoms with Crippen LogP contribution in [0.4, 0.5) is 0 Å². The lowest BCUT2D eigenvalue weighted by Crippen LogP contribution is -1.93. The van der Waals surface area contributed by atoms with Gasteiger partial charge in [0.25, 0.3) is 0 Å². The molecule has 0 spiro atoms. The predicted octanol–water partition coefficient (Wildman–Crippen LogP) is 3.37. The number of carbonyl (C=O) groups excluding carboxylic acids is 1. The van der Waals surface area contributed by atoms with Crippen LogP contribution in [-0.4, -0.2) is 10.3 Å². The van der Waals surface area contributed by atoms with Gasteiger partial charge >= 0.3 is 0 Å². The summed E-state index contributed by atoms with van der Waals surface area (Å²) in [5.74, 6) is 0.440. The molecule has 2 rings (SSSR count). The van der Waals surface area contributed by atoms with E-state index in [0.29, 0.717) is 27.6 Å². The van der Waals surface area contributed by atoms with E-state index < -0.39 is 0 Å². The van der Waals surface area contributed by atoms with Crippen LogP contribution in [0.1, 0.15) is 16.1 Å². The van der Waals surface area contributed by atoms with Crippen LogP contribution in [0.3, 0.4) is 0 Å². The third-order valence-corrected chi connectivity index (χ3v) is 2.76. The van der Waals surface area contributed by atoms with Crippen LogP contribution in [0.2, 0.25) is 5.02 Å². The van der Waals surface area contributed by atoms with Crippen molar-refractivity contribution in [2.45, 2.75) is 6.92 Å². The molecule has 1 heterocycles. The molecule has 0 fully saturated rings. The number of nitrogens with zero attached hydrogens (tertiary/aromatic N) is 1. The van der Waals surface area contributed by atoms with Crippen LogP contribution in [0.5, 0.6) is 0 Å². The number of halogens is 1. The Hall–Kier alpha value is -1.26. The molecule has 3 nitrogen and oxygen atoms in total. The van der Waals surface area contributed by atoms with Gasteiger partial charge in [-0.25, -0.2) is 0 Å².